The fraction of sp³-hybridized carbons (Fsp3) is 0.286. The zero-order valence-corrected chi connectivity index (χ0v) is 15.1. The summed E-state index contributed by atoms with van der Waals surface area (Å²) in [4.78, 5) is 4.86. The number of methoxy groups -OCH3 is 2. The first-order valence-electron chi connectivity index (χ1n) is 8.49. The molecule has 1 aromatic heterocycles. The fourth-order valence-corrected chi connectivity index (χ4v) is 2.96. The molecule has 130 valence electrons. The van der Waals surface area contributed by atoms with Crippen LogP contribution in [0.4, 0.5) is 0 Å². The lowest BCUT2D eigenvalue weighted by Crippen LogP contribution is -1.96. The first-order chi connectivity index (χ1) is 12.2. The number of hydrogen-bond donors (Lipinski definition) is 0. The summed E-state index contributed by atoms with van der Waals surface area (Å²) in [5, 5.41) is 2.18. The van der Waals surface area contributed by atoms with Gasteiger partial charge in [-0.3, -0.25) is 4.98 Å². The van der Waals surface area contributed by atoms with Gasteiger partial charge in [0.25, 0.3) is 0 Å². The van der Waals surface area contributed by atoms with E-state index in [1.54, 1.807) is 14.2 Å². The van der Waals surface area contributed by atoms with Gasteiger partial charge in [-0.05, 0) is 61.2 Å². The van der Waals surface area contributed by atoms with E-state index in [0.29, 0.717) is 6.61 Å². The van der Waals surface area contributed by atoms with Crippen molar-refractivity contribution in [2.24, 2.45) is 0 Å². The molecule has 3 rings (SSSR count). The summed E-state index contributed by atoms with van der Waals surface area (Å²) in [5.41, 5.74) is 3.05. The van der Waals surface area contributed by atoms with Crippen molar-refractivity contribution in [2.45, 2.75) is 20.3 Å². The molecule has 0 fully saturated rings. The van der Waals surface area contributed by atoms with Gasteiger partial charge in [0, 0.05) is 16.6 Å². The summed E-state index contributed by atoms with van der Waals surface area (Å²) in [6, 6.07) is 14.1. The van der Waals surface area contributed by atoms with Crippen LogP contribution < -0.4 is 14.2 Å². The molecule has 0 atom stereocenters. The van der Waals surface area contributed by atoms with Crippen molar-refractivity contribution < 1.29 is 14.2 Å². The number of nitrogens with zero attached hydrogens (tertiary/aromatic N) is 1. The molecule has 0 aliphatic carbocycles. The van der Waals surface area contributed by atoms with Crippen molar-refractivity contribution in [3.05, 3.63) is 48.2 Å². The van der Waals surface area contributed by atoms with Gasteiger partial charge in [-0.2, -0.15) is 0 Å². The quantitative estimate of drug-likeness (QED) is 0.643. The van der Waals surface area contributed by atoms with E-state index >= 15 is 0 Å². The third-order valence-corrected chi connectivity index (χ3v) is 4.21. The summed E-state index contributed by atoms with van der Waals surface area (Å²) in [6.45, 7) is 4.75. The van der Waals surface area contributed by atoms with E-state index in [2.05, 4.69) is 13.0 Å². The zero-order valence-electron chi connectivity index (χ0n) is 15.1. The van der Waals surface area contributed by atoms with Crippen LogP contribution in [-0.2, 0) is 6.42 Å². The Morgan fingerprint density at radius 1 is 0.880 bits per heavy atom. The first kappa shape index (κ1) is 17.1. The number of ether oxygens (including phenoxy) is 3. The minimum absolute atomic E-state index is 0.662. The maximum atomic E-state index is 5.52. The molecule has 25 heavy (non-hydrogen) atoms. The largest absolute Gasteiger partial charge is 0.494 e. The monoisotopic (exact) mass is 337 g/mol. The van der Waals surface area contributed by atoms with Gasteiger partial charge in [0.15, 0.2) is 11.5 Å². The van der Waals surface area contributed by atoms with Gasteiger partial charge in [0.2, 0.25) is 0 Å². The normalized spacial score (nSPS) is 10.7. The number of benzene rings is 2. The van der Waals surface area contributed by atoms with Gasteiger partial charge in [-0.25, -0.2) is 0 Å². The zero-order chi connectivity index (χ0) is 17.8. The lowest BCUT2D eigenvalue weighted by molar-refractivity contribution is 0.340. The van der Waals surface area contributed by atoms with Gasteiger partial charge >= 0.3 is 0 Å². The highest BCUT2D eigenvalue weighted by Gasteiger charge is 2.12. The summed E-state index contributed by atoms with van der Waals surface area (Å²) in [6.07, 6.45) is 0.844. The third-order valence-electron chi connectivity index (χ3n) is 4.21. The fourth-order valence-electron chi connectivity index (χ4n) is 2.96. The van der Waals surface area contributed by atoms with E-state index in [0.717, 1.165) is 51.4 Å². The average molecular weight is 337 g/mol. The van der Waals surface area contributed by atoms with Crippen LogP contribution in [0.5, 0.6) is 17.2 Å². The van der Waals surface area contributed by atoms with Crippen LogP contribution in [0.15, 0.2) is 42.5 Å². The Bertz CT molecular complexity index is 872. The standard InChI is InChI=1S/C21H23NO3/c1-5-18-17-13-21(24-4)20(23-3)12-15(17)11-19(22-18)14-7-9-16(10-8-14)25-6-2/h7-13H,5-6H2,1-4H3. The number of aromatic nitrogens is 1. The summed E-state index contributed by atoms with van der Waals surface area (Å²) in [7, 11) is 3.30. The molecule has 1 heterocycles. The molecule has 3 aromatic rings. The molecule has 0 aliphatic heterocycles. The Hall–Kier alpha value is -2.75. The molecule has 0 saturated heterocycles. The minimum Gasteiger partial charge on any atom is -0.494 e. The molecular weight excluding hydrogens is 314 g/mol. The Balaban J connectivity index is 2.13. The molecular formula is C21H23NO3. The second kappa shape index (κ2) is 7.43. The SMILES string of the molecule is CCOc1ccc(-c2cc3cc(OC)c(OC)cc3c(CC)n2)cc1. The maximum absolute atomic E-state index is 5.52. The van der Waals surface area contributed by atoms with Crippen molar-refractivity contribution in [1.29, 1.82) is 0 Å². The van der Waals surface area contributed by atoms with Crippen molar-refractivity contribution in [2.75, 3.05) is 20.8 Å². The van der Waals surface area contributed by atoms with E-state index in [-0.39, 0.29) is 0 Å². The van der Waals surface area contributed by atoms with Gasteiger partial charge < -0.3 is 14.2 Å². The van der Waals surface area contributed by atoms with E-state index in [1.807, 2.05) is 43.3 Å². The number of aryl methyl sites for hydroxylation is 1. The van der Waals surface area contributed by atoms with E-state index in [1.165, 1.54) is 0 Å². The van der Waals surface area contributed by atoms with Crippen LogP contribution >= 0.6 is 0 Å². The first-order valence-corrected chi connectivity index (χ1v) is 8.49. The minimum atomic E-state index is 0.662. The molecule has 0 N–H and O–H groups in total. The van der Waals surface area contributed by atoms with Crippen LogP contribution in [0, 0.1) is 0 Å². The maximum Gasteiger partial charge on any atom is 0.161 e. The molecule has 0 aliphatic rings. The van der Waals surface area contributed by atoms with Crippen molar-refractivity contribution in [1.82, 2.24) is 4.98 Å². The predicted molar refractivity (Wildman–Crippen MR) is 101 cm³/mol. The summed E-state index contributed by atoms with van der Waals surface area (Å²) >= 11 is 0. The number of pyridine rings is 1. The number of fused-ring (bicyclic) bond motifs is 1. The Labute approximate surface area is 148 Å². The Kier molecular flexibility index (Phi) is 5.08. The molecule has 4 heteroatoms. The highest BCUT2D eigenvalue weighted by molar-refractivity contribution is 5.90. The third kappa shape index (κ3) is 3.38. The number of hydrogen-bond acceptors (Lipinski definition) is 4. The van der Waals surface area contributed by atoms with E-state index in [9.17, 15) is 0 Å². The highest BCUT2D eigenvalue weighted by atomic mass is 16.5. The van der Waals surface area contributed by atoms with E-state index < -0.39 is 0 Å². The molecule has 0 bridgehead atoms. The van der Waals surface area contributed by atoms with Gasteiger partial charge in [-0.1, -0.05) is 6.92 Å². The van der Waals surface area contributed by atoms with Crippen LogP contribution in [-0.4, -0.2) is 25.8 Å². The predicted octanol–water partition coefficient (Wildman–Crippen LogP) is 4.88. The lowest BCUT2D eigenvalue weighted by Gasteiger charge is -2.13. The topological polar surface area (TPSA) is 40.6 Å². The molecule has 4 nitrogen and oxygen atoms in total. The average Bonchev–Trinajstić information content (AvgIpc) is 2.66. The summed E-state index contributed by atoms with van der Waals surface area (Å²) in [5.74, 6) is 2.32. The molecule has 0 unspecified atom stereocenters. The Morgan fingerprint density at radius 2 is 1.56 bits per heavy atom. The van der Waals surface area contributed by atoms with Crippen molar-refractivity contribution >= 4 is 10.8 Å². The second-order valence-corrected chi connectivity index (χ2v) is 5.69. The van der Waals surface area contributed by atoms with Crippen molar-refractivity contribution in [3.8, 4) is 28.5 Å². The van der Waals surface area contributed by atoms with E-state index in [4.69, 9.17) is 19.2 Å². The highest BCUT2D eigenvalue weighted by Crippen LogP contribution is 2.35. The van der Waals surface area contributed by atoms with Crippen LogP contribution in [0.25, 0.3) is 22.0 Å². The van der Waals surface area contributed by atoms with Crippen LogP contribution in [0.2, 0.25) is 0 Å². The van der Waals surface area contributed by atoms with Crippen LogP contribution in [0.3, 0.4) is 0 Å². The Morgan fingerprint density at radius 3 is 2.16 bits per heavy atom. The molecule has 2 aromatic carbocycles. The van der Waals surface area contributed by atoms with Crippen molar-refractivity contribution in [3.63, 3.8) is 0 Å². The summed E-state index contributed by atoms with van der Waals surface area (Å²) < 4.78 is 16.4. The molecule has 0 spiro atoms. The number of rotatable bonds is 6. The second-order valence-electron chi connectivity index (χ2n) is 5.69. The molecule has 0 radical (unpaired) electrons. The van der Waals surface area contributed by atoms with Gasteiger partial charge in [0.05, 0.1) is 26.5 Å². The lowest BCUT2D eigenvalue weighted by atomic mass is 10.0. The van der Waals surface area contributed by atoms with Gasteiger partial charge in [0.1, 0.15) is 5.75 Å². The smallest absolute Gasteiger partial charge is 0.161 e. The van der Waals surface area contributed by atoms with Crippen LogP contribution in [0.1, 0.15) is 19.5 Å². The molecule has 0 saturated carbocycles. The molecule has 0 amide bonds. The van der Waals surface area contributed by atoms with Gasteiger partial charge in [-0.15, -0.1) is 0 Å².